The van der Waals surface area contributed by atoms with Crippen molar-refractivity contribution in [3.63, 3.8) is 0 Å². The summed E-state index contributed by atoms with van der Waals surface area (Å²) >= 11 is 0. The summed E-state index contributed by atoms with van der Waals surface area (Å²) in [6, 6.07) is 0. The lowest BCUT2D eigenvalue weighted by molar-refractivity contribution is -0.144. The van der Waals surface area contributed by atoms with Crippen molar-refractivity contribution in [1.29, 1.82) is 0 Å². The molecule has 8 heteroatoms. The molecular weight excluding hydrogens is 286 g/mol. The smallest absolute Gasteiger partial charge is 0.306 e. The predicted octanol–water partition coefficient (Wildman–Crippen LogP) is 0.922. The van der Waals surface area contributed by atoms with Crippen molar-refractivity contribution in [2.24, 2.45) is 5.73 Å². The van der Waals surface area contributed by atoms with Gasteiger partial charge in [-0.3, -0.25) is 14.1 Å². The fraction of sp³-hybridized carbons (Fsp3) is 0.833. The van der Waals surface area contributed by atoms with Crippen molar-refractivity contribution in [3.05, 3.63) is 0 Å². The maximum absolute atomic E-state index is 11.1. The van der Waals surface area contributed by atoms with Crippen LogP contribution in [0.5, 0.6) is 0 Å². The van der Waals surface area contributed by atoms with E-state index in [0.29, 0.717) is 12.9 Å². The van der Waals surface area contributed by atoms with Crippen molar-refractivity contribution < 1.29 is 27.3 Å². The predicted molar refractivity (Wildman–Crippen MR) is 75.9 cm³/mol. The van der Waals surface area contributed by atoms with Gasteiger partial charge in [0.1, 0.15) is 5.78 Å². The van der Waals surface area contributed by atoms with Crippen LogP contribution in [0.25, 0.3) is 0 Å². The van der Waals surface area contributed by atoms with E-state index < -0.39 is 10.1 Å². The van der Waals surface area contributed by atoms with Gasteiger partial charge in [-0.1, -0.05) is 26.2 Å². The molecule has 0 aromatic rings. The van der Waals surface area contributed by atoms with Crippen LogP contribution in [0.15, 0.2) is 0 Å². The van der Waals surface area contributed by atoms with Gasteiger partial charge >= 0.3 is 5.97 Å². The molecule has 0 radical (unpaired) electrons. The quantitative estimate of drug-likeness (QED) is 0.368. The molecule has 0 saturated heterocycles. The molecule has 0 aliphatic heterocycles. The number of esters is 1. The van der Waals surface area contributed by atoms with E-state index in [1.807, 2.05) is 0 Å². The lowest BCUT2D eigenvalue weighted by Crippen LogP contribution is -2.15. The van der Waals surface area contributed by atoms with Crippen molar-refractivity contribution in [3.8, 4) is 0 Å². The highest BCUT2D eigenvalue weighted by Gasteiger charge is 2.06. The number of carbonyl (C=O) groups excluding carboxylic acids is 2. The molecule has 0 aromatic heterocycles. The molecule has 3 N–H and O–H groups in total. The van der Waals surface area contributed by atoms with Gasteiger partial charge in [-0.15, -0.1) is 0 Å². The van der Waals surface area contributed by atoms with E-state index in [1.54, 1.807) is 0 Å². The van der Waals surface area contributed by atoms with E-state index in [9.17, 15) is 18.0 Å². The highest BCUT2D eigenvalue weighted by molar-refractivity contribution is 7.85. The average molecular weight is 311 g/mol. The second-order valence-corrected chi connectivity index (χ2v) is 5.72. The second-order valence-electron chi connectivity index (χ2n) is 4.26. The van der Waals surface area contributed by atoms with E-state index >= 15 is 0 Å². The van der Waals surface area contributed by atoms with Crippen LogP contribution in [0.2, 0.25) is 0 Å². The molecule has 7 nitrogen and oxygen atoms in total. The molecule has 0 heterocycles. The zero-order valence-corrected chi connectivity index (χ0v) is 12.9. The van der Waals surface area contributed by atoms with Crippen LogP contribution in [0, 0.1) is 0 Å². The minimum atomic E-state index is -3.67. The zero-order valence-electron chi connectivity index (χ0n) is 12.1. The number of rotatable bonds is 9. The summed E-state index contributed by atoms with van der Waals surface area (Å²) in [5, 5.41) is 0. The first-order valence-electron chi connectivity index (χ1n) is 6.50. The maximum Gasteiger partial charge on any atom is 0.306 e. The van der Waals surface area contributed by atoms with E-state index in [-0.39, 0.29) is 31.1 Å². The van der Waals surface area contributed by atoms with Crippen LogP contribution in [0.4, 0.5) is 0 Å². The minimum Gasteiger partial charge on any atom is -0.466 e. The van der Waals surface area contributed by atoms with Crippen LogP contribution >= 0.6 is 0 Å². The van der Waals surface area contributed by atoms with Crippen molar-refractivity contribution in [2.75, 3.05) is 19.4 Å². The fourth-order valence-corrected chi connectivity index (χ4v) is 1.13. The first-order valence-corrected chi connectivity index (χ1v) is 8.35. The molecule has 0 aliphatic carbocycles. The molecule has 0 rings (SSSR count). The van der Waals surface area contributed by atoms with Crippen LogP contribution in [0.3, 0.4) is 0 Å². The fourth-order valence-electron chi connectivity index (χ4n) is 1.13. The number of ether oxygens (including phenoxy) is 1. The molecule has 0 fully saturated rings. The Balaban J connectivity index is 0. The summed E-state index contributed by atoms with van der Waals surface area (Å²) in [6.07, 6.45) is 5.40. The lowest BCUT2D eigenvalue weighted by atomic mass is 10.2. The maximum atomic E-state index is 11.1. The van der Waals surface area contributed by atoms with Crippen molar-refractivity contribution in [1.82, 2.24) is 0 Å². The third-order valence-corrected chi connectivity index (χ3v) is 2.10. The molecule has 0 bridgehead atoms. The topological polar surface area (TPSA) is 124 Å². The van der Waals surface area contributed by atoms with Crippen LogP contribution in [-0.4, -0.2) is 44.1 Å². The Hall–Kier alpha value is -0.990. The summed E-state index contributed by atoms with van der Waals surface area (Å²) < 4.78 is 30.8. The van der Waals surface area contributed by atoms with Gasteiger partial charge in [0.2, 0.25) is 0 Å². The SMILES string of the molecule is CCCCCCOC(=O)CCC(=O)CN.CS(=O)(=O)O. The molecule has 0 atom stereocenters. The minimum absolute atomic E-state index is 0.00375. The lowest BCUT2D eigenvalue weighted by Gasteiger charge is -2.03. The Morgan fingerprint density at radius 2 is 1.70 bits per heavy atom. The molecule has 0 aliphatic rings. The summed E-state index contributed by atoms with van der Waals surface area (Å²) in [4.78, 5) is 21.9. The van der Waals surface area contributed by atoms with E-state index in [1.165, 1.54) is 12.8 Å². The Morgan fingerprint density at radius 1 is 1.15 bits per heavy atom. The van der Waals surface area contributed by atoms with Crippen molar-refractivity contribution in [2.45, 2.75) is 45.4 Å². The summed E-state index contributed by atoms with van der Waals surface area (Å²) in [5.74, 6) is -0.397. The molecule has 0 spiro atoms. The summed E-state index contributed by atoms with van der Waals surface area (Å²) in [6.45, 7) is 2.60. The van der Waals surface area contributed by atoms with Crippen molar-refractivity contribution >= 4 is 21.9 Å². The number of unbranched alkanes of at least 4 members (excludes halogenated alkanes) is 3. The Labute approximate surface area is 120 Å². The van der Waals surface area contributed by atoms with Gasteiger partial charge < -0.3 is 10.5 Å². The standard InChI is InChI=1S/C11H21NO3.CH4O3S/c1-2-3-4-5-8-15-11(14)7-6-10(13)9-12;1-5(2,3)4/h2-9,12H2,1H3;1H3,(H,2,3,4). The molecular formula is C12H25NO6S. The van der Waals surface area contributed by atoms with Crippen LogP contribution in [-0.2, 0) is 24.4 Å². The van der Waals surface area contributed by atoms with Gasteiger partial charge in [0.15, 0.2) is 0 Å². The normalized spacial score (nSPS) is 10.4. The average Bonchev–Trinajstić information content (AvgIpc) is 2.33. The molecule has 0 unspecified atom stereocenters. The van der Waals surface area contributed by atoms with Crippen LogP contribution in [0.1, 0.15) is 45.4 Å². The van der Waals surface area contributed by atoms with Gasteiger partial charge in [0, 0.05) is 6.42 Å². The Kier molecular flexibility index (Phi) is 13.9. The van der Waals surface area contributed by atoms with Gasteiger partial charge in [-0.25, -0.2) is 0 Å². The van der Waals surface area contributed by atoms with E-state index in [2.05, 4.69) is 6.92 Å². The molecule has 120 valence electrons. The monoisotopic (exact) mass is 311 g/mol. The first kappa shape index (κ1) is 21.3. The number of ketones is 1. The van der Waals surface area contributed by atoms with Gasteiger partial charge in [-0.05, 0) is 6.42 Å². The van der Waals surface area contributed by atoms with Crippen LogP contribution < -0.4 is 5.73 Å². The second kappa shape index (κ2) is 13.0. The van der Waals surface area contributed by atoms with Gasteiger partial charge in [0.25, 0.3) is 10.1 Å². The third kappa shape index (κ3) is 25.8. The third-order valence-electron chi connectivity index (χ3n) is 2.10. The number of carbonyl (C=O) groups is 2. The number of hydrogen-bond acceptors (Lipinski definition) is 6. The zero-order chi connectivity index (χ0) is 16.0. The molecule has 0 saturated carbocycles. The number of hydrogen-bond donors (Lipinski definition) is 2. The Bertz CT molecular complexity index is 358. The molecule has 20 heavy (non-hydrogen) atoms. The summed E-state index contributed by atoms with van der Waals surface area (Å²) in [5.41, 5.74) is 5.11. The largest absolute Gasteiger partial charge is 0.466 e. The molecule has 0 aromatic carbocycles. The summed E-state index contributed by atoms with van der Waals surface area (Å²) in [7, 11) is -3.67. The number of nitrogens with two attached hydrogens (primary N) is 1. The molecule has 0 amide bonds. The first-order chi connectivity index (χ1) is 9.20. The highest BCUT2D eigenvalue weighted by Crippen LogP contribution is 2.00. The van der Waals surface area contributed by atoms with E-state index in [4.69, 9.17) is 15.0 Å². The van der Waals surface area contributed by atoms with Gasteiger partial charge in [-0.2, -0.15) is 8.42 Å². The number of Topliss-reactive ketones (excluding diaryl/α,β-unsaturated/α-hetero) is 1. The van der Waals surface area contributed by atoms with E-state index in [0.717, 1.165) is 12.8 Å². The highest BCUT2D eigenvalue weighted by atomic mass is 32.2. The van der Waals surface area contributed by atoms with Gasteiger partial charge in [0.05, 0.1) is 25.8 Å². The Morgan fingerprint density at radius 3 is 2.15 bits per heavy atom.